The Bertz CT molecular complexity index is 573. The van der Waals surface area contributed by atoms with Crippen LogP contribution < -0.4 is 5.73 Å². The number of aromatic nitrogens is 2. The summed E-state index contributed by atoms with van der Waals surface area (Å²) in [5.74, 6) is 1.13. The van der Waals surface area contributed by atoms with Crippen molar-refractivity contribution in [3.05, 3.63) is 29.6 Å². The summed E-state index contributed by atoms with van der Waals surface area (Å²) in [6.45, 7) is 8.65. The fourth-order valence-electron chi connectivity index (χ4n) is 2.47. The molecule has 0 spiro atoms. The molecule has 3 nitrogen and oxygen atoms in total. The van der Waals surface area contributed by atoms with Gasteiger partial charge in [0.1, 0.15) is 5.82 Å². The van der Waals surface area contributed by atoms with E-state index in [0.717, 1.165) is 24.2 Å². The normalized spacial score (nSPS) is 14.0. The van der Waals surface area contributed by atoms with E-state index in [1.165, 1.54) is 11.1 Å². The molecule has 1 heterocycles. The molecule has 3 heteroatoms. The van der Waals surface area contributed by atoms with Crippen LogP contribution in [0.3, 0.4) is 0 Å². The predicted octanol–water partition coefficient (Wildman–Crippen LogP) is 3.15. The van der Waals surface area contributed by atoms with E-state index in [9.17, 15) is 0 Å². The maximum absolute atomic E-state index is 5.82. The third kappa shape index (κ3) is 2.98. The summed E-state index contributed by atoms with van der Waals surface area (Å²) in [7, 11) is 2.09. The molecule has 1 aromatic carbocycles. The molecule has 0 aliphatic carbocycles. The van der Waals surface area contributed by atoms with Gasteiger partial charge in [-0.25, -0.2) is 4.98 Å². The van der Waals surface area contributed by atoms with Crippen molar-refractivity contribution in [1.29, 1.82) is 0 Å². The monoisotopic (exact) mass is 259 g/mol. The van der Waals surface area contributed by atoms with Crippen LogP contribution in [0.25, 0.3) is 11.0 Å². The van der Waals surface area contributed by atoms with E-state index in [2.05, 4.69) is 57.5 Å². The van der Waals surface area contributed by atoms with Gasteiger partial charge in [0.2, 0.25) is 0 Å². The van der Waals surface area contributed by atoms with Crippen molar-refractivity contribution >= 4 is 11.0 Å². The lowest BCUT2D eigenvalue weighted by molar-refractivity contribution is 0.526. The van der Waals surface area contributed by atoms with Gasteiger partial charge in [0, 0.05) is 18.5 Å². The number of fused-ring (bicyclic) bond motifs is 1. The Morgan fingerprint density at radius 1 is 1.32 bits per heavy atom. The molecule has 2 aromatic rings. The summed E-state index contributed by atoms with van der Waals surface area (Å²) in [6, 6.07) is 6.82. The van der Waals surface area contributed by atoms with Gasteiger partial charge in [-0.1, -0.05) is 26.8 Å². The Kier molecular flexibility index (Phi) is 3.68. The lowest BCUT2D eigenvalue weighted by Gasteiger charge is -2.17. The second-order valence-electron chi connectivity index (χ2n) is 6.58. The van der Waals surface area contributed by atoms with Crippen molar-refractivity contribution in [2.75, 3.05) is 0 Å². The molecule has 0 amide bonds. The average molecular weight is 259 g/mol. The van der Waals surface area contributed by atoms with E-state index in [0.29, 0.717) is 0 Å². The molecule has 1 aromatic heterocycles. The quantitative estimate of drug-likeness (QED) is 0.920. The molecule has 1 atom stereocenters. The van der Waals surface area contributed by atoms with Crippen LogP contribution in [0.4, 0.5) is 0 Å². The number of imidazole rings is 1. The lowest BCUT2D eigenvalue weighted by atomic mass is 9.96. The molecule has 0 aliphatic heterocycles. The highest BCUT2D eigenvalue weighted by Gasteiger charge is 2.21. The summed E-state index contributed by atoms with van der Waals surface area (Å²) in [5, 5.41) is 0. The van der Waals surface area contributed by atoms with E-state index in [4.69, 9.17) is 10.7 Å². The van der Waals surface area contributed by atoms with Crippen molar-refractivity contribution in [2.24, 2.45) is 12.8 Å². The first-order valence-corrected chi connectivity index (χ1v) is 7.00. The number of nitrogens with zero attached hydrogens (tertiary/aromatic N) is 2. The van der Waals surface area contributed by atoms with Crippen molar-refractivity contribution in [3.63, 3.8) is 0 Å². The maximum Gasteiger partial charge on any atom is 0.115 e. The first-order chi connectivity index (χ1) is 8.79. The summed E-state index contributed by atoms with van der Waals surface area (Å²) in [4.78, 5) is 4.80. The van der Waals surface area contributed by atoms with Gasteiger partial charge in [0.25, 0.3) is 0 Å². The molecule has 0 aliphatic rings. The molecule has 19 heavy (non-hydrogen) atoms. The van der Waals surface area contributed by atoms with E-state index >= 15 is 0 Å². The fraction of sp³-hybridized carbons (Fsp3) is 0.562. The largest absolute Gasteiger partial charge is 0.331 e. The Morgan fingerprint density at radius 3 is 2.58 bits per heavy atom. The second kappa shape index (κ2) is 4.97. The molecule has 104 valence electrons. The van der Waals surface area contributed by atoms with Gasteiger partial charge < -0.3 is 10.3 Å². The van der Waals surface area contributed by atoms with Crippen LogP contribution in [-0.4, -0.2) is 15.6 Å². The molecule has 0 saturated carbocycles. The number of nitrogens with two attached hydrogens (primary N) is 1. The molecule has 1 unspecified atom stereocenters. The van der Waals surface area contributed by atoms with E-state index in [-0.39, 0.29) is 11.5 Å². The number of benzene rings is 1. The first-order valence-electron chi connectivity index (χ1n) is 7.00. The smallest absolute Gasteiger partial charge is 0.115 e. The predicted molar refractivity (Wildman–Crippen MR) is 81.4 cm³/mol. The highest BCUT2D eigenvalue weighted by Crippen LogP contribution is 2.26. The molecule has 2 rings (SSSR count). The van der Waals surface area contributed by atoms with Crippen LogP contribution in [-0.2, 0) is 18.9 Å². The lowest BCUT2D eigenvalue weighted by Crippen LogP contribution is -2.17. The van der Waals surface area contributed by atoms with E-state index in [1.54, 1.807) is 0 Å². The molecular formula is C16H25N3. The number of aryl methyl sites for hydroxylation is 2. The maximum atomic E-state index is 5.82. The van der Waals surface area contributed by atoms with Crippen LogP contribution >= 0.6 is 0 Å². The molecule has 0 fully saturated rings. The zero-order valence-electron chi connectivity index (χ0n) is 12.7. The minimum Gasteiger partial charge on any atom is -0.331 e. The standard InChI is InChI=1S/C16H25N3/c1-11(17)6-7-12-8-9-14-13(10-12)18-15(19(14)5)16(2,3)4/h8-11H,6-7,17H2,1-5H3. The second-order valence-corrected chi connectivity index (χ2v) is 6.58. The molecule has 0 saturated heterocycles. The summed E-state index contributed by atoms with van der Waals surface area (Å²) in [5.41, 5.74) is 9.51. The SMILES string of the molecule is CC(N)CCc1ccc2c(c1)nc(C(C)(C)C)n2C. The Morgan fingerprint density at radius 2 is 2.00 bits per heavy atom. The third-order valence-electron chi connectivity index (χ3n) is 3.50. The molecule has 0 bridgehead atoms. The molecule has 0 radical (unpaired) electrons. The summed E-state index contributed by atoms with van der Waals surface area (Å²) < 4.78 is 2.20. The topological polar surface area (TPSA) is 43.8 Å². The number of hydrogen-bond donors (Lipinski definition) is 1. The zero-order chi connectivity index (χ0) is 14.2. The van der Waals surface area contributed by atoms with Crippen LogP contribution in [0.5, 0.6) is 0 Å². The van der Waals surface area contributed by atoms with Gasteiger partial charge >= 0.3 is 0 Å². The fourth-order valence-corrected chi connectivity index (χ4v) is 2.47. The average Bonchev–Trinajstić information content (AvgIpc) is 2.63. The summed E-state index contributed by atoms with van der Waals surface area (Å²) >= 11 is 0. The third-order valence-corrected chi connectivity index (χ3v) is 3.50. The van der Waals surface area contributed by atoms with Crippen LogP contribution in [0.1, 0.15) is 45.5 Å². The van der Waals surface area contributed by atoms with Crippen molar-refractivity contribution < 1.29 is 0 Å². The first kappa shape index (κ1) is 14.1. The van der Waals surface area contributed by atoms with Gasteiger partial charge in [0.05, 0.1) is 11.0 Å². The van der Waals surface area contributed by atoms with Gasteiger partial charge in [-0.15, -0.1) is 0 Å². The minimum absolute atomic E-state index is 0.0692. The molecular weight excluding hydrogens is 234 g/mol. The summed E-state index contributed by atoms with van der Waals surface area (Å²) in [6.07, 6.45) is 2.04. The van der Waals surface area contributed by atoms with Gasteiger partial charge in [-0.2, -0.15) is 0 Å². The van der Waals surface area contributed by atoms with E-state index < -0.39 is 0 Å². The van der Waals surface area contributed by atoms with Crippen molar-refractivity contribution in [2.45, 2.75) is 52.0 Å². The van der Waals surface area contributed by atoms with Crippen LogP contribution in [0, 0.1) is 0 Å². The van der Waals surface area contributed by atoms with Crippen LogP contribution in [0.2, 0.25) is 0 Å². The molecule has 2 N–H and O–H groups in total. The van der Waals surface area contributed by atoms with Gasteiger partial charge in [-0.3, -0.25) is 0 Å². The van der Waals surface area contributed by atoms with Crippen molar-refractivity contribution in [3.8, 4) is 0 Å². The number of rotatable bonds is 3. The Balaban J connectivity index is 2.39. The Labute approximate surface area is 115 Å². The number of hydrogen-bond acceptors (Lipinski definition) is 2. The zero-order valence-corrected chi connectivity index (χ0v) is 12.7. The minimum atomic E-state index is 0.0692. The van der Waals surface area contributed by atoms with Crippen molar-refractivity contribution in [1.82, 2.24) is 9.55 Å². The van der Waals surface area contributed by atoms with E-state index in [1.807, 2.05) is 0 Å². The highest BCUT2D eigenvalue weighted by atomic mass is 15.1. The van der Waals surface area contributed by atoms with Crippen LogP contribution in [0.15, 0.2) is 18.2 Å². The van der Waals surface area contributed by atoms with Gasteiger partial charge in [0.15, 0.2) is 0 Å². The Hall–Kier alpha value is -1.35. The highest BCUT2D eigenvalue weighted by molar-refractivity contribution is 5.77. The van der Waals surface area contributed by atoms with Gasteiger partial charge in [-0.05, 0) is 37.5 Å².